The molecule has 234 valence electrons. The van der Waals surface area contributed by atoms with Crippen molar-refractivity contribution in [1.82, 2.24) is 0 Å². The molecule has 0 aromatic heterocycles. The number of unbranched alkanes of at least 4 members (excludes halogenated alkanes) is 1. The van der Waals surface area contributed by atoms with E-state index in [0.717, 1.165) is 19.3 Å². The highest BCUT2D eigenvalue weighted by molar-refractivity contribution is 7.47. The molecule has 0 rings (SSSR count). The summed E-state index contributed by atoms with van der Waals surface area (Å²) in [6.45, 7) is 2.91. The standard InChI is InChI=1S/C30H50NO9P/c1-6-28(33)21-19-17-15-13-11-9-7-8-10-12-14-16-18-20-22-30(34)40-29(25-37-27(2)32)26-39-41(35,36)38-24-23-31(3,4)5/h8-11,14-17,19,21,28-29,33H,6-7,12-13,18,20,22-26H2,1-5H3/p+1/b10-8-,11-9-,16-14-,17-15-,21-19+/t28-,29-/m1/s1. The molecule has 0 bridgehead atoms. The van der Waals surface area contributed by atoms with Crippen LogP contribution in [0.2, 0.25) is 0 Å². The van der Waals surface area contributed by atoms with Gasteiger partial charge in [-0.15, -0.1) is 0 Å². The Morgan fingerprint density at radius 1 is 0.902 bits per heavy atom. The number of phosphoric acid groups is 1. The number of hydrogen-bond donors (Lipinski definition) is 2. The minimum Gasteiger partial charge on any atom is -0.462 e. The number of carbonyl (C=O) groups is 2. The molecule has 10 nitrogen and oxygen atoms in total. The van der Waals surface area contributed by atoms with Crippen LogP contribution in [0.25, 0.3) is 0 Å². The molecule has 0 saturated heterocycles. The fourth-order valence-corrected chi connectivity index (χ4v) is 3.64. The van der Waals surface area contributed by atoms with E-state index in [-0.39, 0.29) is 25.7 Å². The van der Waals surface area contributed by atoms with Crippen LogP contribution in [0.15, 0.2) is 60.8 Å². The van der Waals surface area contributed by atoms with Crippen LogP contribution in [0.5, 0.6) is 0 Å². The summed E-state index contributed by atoms with van der Waals surface area (Å²) in [4.78, 5) is 33.3. The average Bonchev–Trinajstić information content (AvgIpc) is 2.88. The molecular weight excluding hydrogens is 549 g/mol. The lowest BCUT2D eigenvalue weighted by molar-refractivity contribution is -0.870. The van der Waals surface area contributed by atoms with Gasteiger partial charge in [-0.05, 0) is 38.5 Å². The number of aliphatic hydroxyl groups excluding tert-OH is 1. The van der Waals surface area contributed by atoms with Crippen molar-refractivity contribution in [3.8, 4) is 0 Å². The highest BCUT2D eigenvalue weighted by atomic mass is 31.2. The van der Waals surface area contributed by atoms with E-state index >= 15 is 0 Å². The minimum atomic E-state index is -4.35. The van der Waals surface area contributed by atoms with Gasteiger partial charge in [-0.25, -0.2) is 4.57 Å². The third kappa shape index (κ3) is 27.6. The number of aliphatic hydroxyl groups is 1. The fourth-order valence-electron chi connectivity index (χ4n) is 2.90. The van der Waals surface area contributed by atoms with Gasteiger partial charge in [-0.2, -0.15) is 0 Å². The van der Waals surface area contributed by atoms with Crippen LogP contribution in [-0.4, -0.2) is 86.1 Å². The van der Waals surface area contributed by atoms with Crippen molar-refractivity contribution in [2.75, 3.05) is 47.5 Å². The van der Waals surface area contributed by atoms with Crippen molar-refractivity contribution in [1.29, 1.82) is 0 Å². The molecule has 0 aromatic rings. The van der Waals surface area contributed by atoms with Crippen LogP contribution < -0.4 is 0 Å². The Morgan fingerprint density at radius 2 is 1.51 bits per heavy atom. The fraction of sp³-hybridized carbons (Fsp3) is 0.600. The molecule has 0 heterocycles. The SMILES string of the molecule is CC[C@@H](O)/C=C/C=C\C/C=C\C/C=C\C/C=C\CCCC(=O)O[C@H](COC(C)=O)COP(=O)(O)OCC[N+](C)(C)C. The Hall–Kier alpha value is -2.33. The van der Waals surface area contributed by atoms with Crippen LogP contribution in [0.4, 0.5) is 0 Å². The maximum absolute atomic E-state index is 12.2. The highest BCUT2D eigenvalue weighted by Crippen LogP contribution is 2.43. The van der Waals surface area contributed by atoms with Crippen molar-refractivity contribution in [3.63, 3.8) is 0 Å². The third-order valence-corrected chi connectivity index (χ3v) is 6.26. The molecule has 3 atom stereocenters. The van der Waals surface area contributed by atoms with Gasteiger partial charge in [-0.1, -0.05) is 67.7 Å². The molecular formula is C30H51NO9P+. The van der Waals surface area contributed by atoms with Crippen LogP contribution in [0.3, 0.4) is 0 Å². The summed E-state index contributed by atoms with van der Waals surface area (Å²) in [5.74, 6) is -1.09. The summed E-state index contributed by atoms with van der Waals surface area (Å²) in [6, 6.07) is 0. The number of hydrogen-bond acceptors (Lipinski definition) is 8. The minimum absolute atomic E-state index is 0.00882. The molecule has 0 saturated carbocycles. The van der Waals surface area contributed by atoms with E-state index in [2.05, 4.69) is 24.3 Å². The van der Waals surface area contributed by atoms with Gasteiger partial charge in [0.1, 0.15) is 19.8 Å². The monoisotopic (exact) mass is 600 g/mol. The Morgan fingerprint density at radius 3 is 2.10 bits per heavy atom. The first-order valence-electron chi connectivity index (χ1n) is 14.1. The number of esters is 2. The van der Waals surface area contributed by atoms with E-state index in [9.17, 15) is 24.2 Å². The van der Waals surface area contributed by atoms with Gasteiger partial charge in [0.05, 0.1) is 33.9 Å². The Bertz CT molecular complexity index is 919. The van der Waals surface area contributed by atoms with Gasteiger partial charge in [0.15, 0.2) is 6.10 Å². The Labute approximate surface area is 246 Å². The molecule has 2 N–H and O–H groups in total. The molecule has 0 radical (unpaired) electrons. The predicted octanol–water partition coefficient (Wildman–Crippen LogP) is 5.19. The van der Waals surface area contributed by atoms with E-state index in [1.165, 1.54) is 6.92 Å². The number of phosphoric ester groups is 1. The number of rotatable bonds is 23. The zero-order valence-corrected chi connectivity index (χ0v) is 26.2. The predicted molar refractivity (Wildman–Crippen MR) is 161 cm³/mol. The Balaban J connectivity index is 4.25. The average molecular weight is 601 g/mol. The van der Waals surface area contributed by atoms with Crippen molar-refractivity contribution < 1.29 is 47.2 Å². The summed E-state index contributed by atoms with van der Waals surface area (Å²) >= 11 is 0. The van der Waals surface area contributed by atoms with Crippen LogP contribution in [0, 0.1) is 0 Å². The van der Waals surface area contributed by atoms with E-state index in [4.69, 9.17) is 18.5 Å². The number of likely N-dealkylation sites (N-methyl/N-ethyl adjacent to an activating group) is 1. The zero-order valence-electron chi connectivity index (χ0n) is 25.4. The van der Waals surface area contributed by atoms with E-state index in [1.807, 2.05) is 58.4 Å². The third-order valence-electron chi connectivity index (χ3n) is 5.28. The zero-order chi connectivity index (χ0) is 31.0. The summed E-state index contributed by atoms with van der Waals surface area (Å²) in [7, 11) is 1.39. The largest absolute Gasteiger partial charge is 0.472 e. The van der Waals surface area contributed by atoms with Gasteiger partial charge in [0.2, 0.25) is 0 Å². The summed E-state index contributed by atoms with van der Waals surface area (Å²) in [5.41, 5.74) is 0. The number of ether oxygens (including phenoxy) is 2. The first-order valence-corrected chi connectivity index (χ1v) is 15.6. The second kappa shape index (κ2) is 23.3. The molecule has 0 aliphatic carbocycles. The normalized spacial score (nSPS) is 15.8. The molecule has 0 aromatic carbocycles. The summed E-state index contributed by atoms with van der Waals surface area (Å²) < 4.78 is 32.8. The van der Waals surface area contributed by atoms with Gasteiger partial charge in [0.25, 0.3) is 0 Å². The van der Waals surface area contributed by atoms with Gasteiger partial charge >= 0.3 is 19.8 Å². The van der Waals surface area contributed by atoms with Gasteiger partial charge < -0.3 is 24.0 Å². The quantitative estimate of drug-likeness (QED) is 0.0406. The van der Waals surface area contributed by atoms with Crippen LogP contribution >= 0.6 is 7.82 Å². The Kier molecular flexibility index (Phi) is 21.9. The number of nitrogens with zero attached hydrogens (tertiary/aromatic N) is 1. The molecule has 0 spiro atoms. The lowest BCUT2D eigenvalue weighted by Gasteiger charge is -2.24. The topological polar surface area (TPSA) is 129 Å². The van der Waals surface area contributed by atoms with E-state index in [0.29, 0.717) is 30.3 Å². The molecule has 0 amide bonds. The van der Waals surface area contributed by atoms with Crippen molar-refractivity contribution in [2.45, 2.75) is 71.0 Å². The van der Waals surface area contributed by atoms with Gasteiger partial charge in [-0.3, -0.25) is 18.6 Å². The van der Waals surface area contributed by atoms with E-state index < -0.39 is 32.5 Å². The maximum atomic E-state index is 12.2. The molecule has 1 unspecified atom stereocenters. The lowest BCUT2D eigenvalue weighted by atomic mass is 10.2. The smallest absolute Gasteiger partial charge is 0.462 e. The number of allylic oxidation sites excluding steroid dienone is 9. The number of carbonyl (C=O) groups excluding carboxylic acids is 2. The van der Waals surface area contributed by atoms with Crippen LogP contribution in [0.1, 0.15) is 58.8 Å². The first-order chi connectivity index (χ1) is 19.3. The maximum Gasteiger partial charge on any atom is 0.472 e. The van der Waals surface area contributed by atoms with Crippen molar-refractivity contribution >= 4 is 19.8 Å². The second-order valence-electron chi connectivity index (χ2n) is 10.3. The molecule has 0 aliphatic rings. The molecule has 0 fully saturated rings. The highest BCUT2D eigenvalue weighted by Gasteiger charge is 2.26. The van der Waals surface area contributed by atoms with E-state index in [1.54, 1.807) is 6.08 Å². The molecule has 41 heavy (non-hydrogen) atoms. The first kappa shape index (κ1) is 38.7. The molecule has 0 aliphatic heterocycles. The second-order valence-corrected chi connectivity index (χ2v) is 11.8. The lowest BCUT2D eigenvalue weighted by Crippen LogP contribution is -2.37. The van der Waals surface area contributed by atoms with Crippen molar-refractivity contribution in [2.24, 2.45) is 0 Å². The summed E-state index contributed by atoms with van der Waals surface area (Å²) in [6.07, 6.45) is 23.2. The number of quaternary nitrogens is 1. The molecule has 11 heteroatoms. The van der Waals surface area contributed by atoms with Crippen LogP contribution in [-0.2, 0) is 32.7 Å². The summed E-state index contributed by atoms with van der Waals surface area (Å²) in [5, 5.41) is 9.41. The van der Waals surface area contributed by atoms with Crippen molar-refractivity contribution in [3.05, 3.63) is 60.8 Å². The van der Waals surface area contributed by atoms with Gasteiger partial charge in [0, 0.05) is 13.3 Å².